The largest absolute Gasteiger partial charge is 0.324 e. The first kappa shape index (κ1) is 20.0. The van der Waals surface area contributed by atoms with Crippen LogP contribution in [-0.4, -0.2) is 15.9 Å². The van der Waals surface area contributed by atoms with E-state index in [2.05, 4.69) is 46.6 Å². The van der Waals surface area contributed by atoms with Gasteiger partial charge in [0.1, 0.15) is 5.69 Å². The number of hydrogen-bond donors (Lipinski definition) is 2. The van der Waals surface area contributed by atoms with E-state index in [1.54, 1.807) is 30.3 Å². The Hall–Kier alpha value is -3.72. The quantitative estimate of drug-likeness (QED) is 0.639. The summed E-state index contributed by atoms with van der Waals surface area (Å²) in [7, 11) is 0. The molecular weight excluding hydrogens is 362 g/mol. The molecule has 0 bridgehead atoms. The highest BCUT2D eigenvalue weighted by Gasteiger charge is 2.14. The highest BCUT2D eigenvalue weighted by atomic mass is 16.1. The molecule has 0 unspecified atom stereocenters. The van der Waals surface area contributed by atoms with E-state index in [0.717, 1.165) is 16.8 Å². The summed E-state index contributed by atoms with van der Waals surface area (Å²) >= 11 is 0. The summed E-state index contributed by atoms with van der Waals surface area (Å²) in [6.45, 7) is 8.11. The summed E-state index contributed by atoms with van der Waals surface area (Å²) in [5, 5.41) is 15.1. The number of amides is 1. The second-order valence-electron chi connectivity index (χ2n) is 7.18. The molecule has 0 fully saturated rings. The molecule has 1 aromatic heterocycles. The van der Waals surface area contributed by atoms with Gasteiger partial charge in [-0.3, -0.25) is 4.79 Å². The minimum Gasteiger partial charge on any atom is -0.324 e. The van der Waals surface area contributed by atoms with E-state index >= 15 is 0 Å². The van der Waals surface area contributed by atoms with Crippen LogP contribution in [0.3, 0.4) is 0 Å². The maximum atomic E-state index is 12.7. The number of nitrogens with zero attached hydrogens (tertiary/aromatic N) is 3. The zero-order valence-electron chi connectivity index (χ0n) is 16.9. The number of para-hydroxylation sites is 1. The Morgan fingerprint density at radius 1 is 1.07 bits per heavy atom. The average Bonchev–Trinajstić information content (AvgIpc) is 2.69. The summed E-state index contributed by atoms with van der Waals surface area (Å²) in [5.41, 5.74) is 5.15. The normalized spacial score (nSPS) is 10.5. The SMILES string of the molecule is Cc1cc(C(=O)Nc2cccc(C#N)c2)nc(Nc2c(C)cccc2C(C)C)n1. The molecular formula is C23H23N5O. The summed E-state index contributed by atoms with van der Waals surface area (Å²) in [6.07, 6.45) is 0. The number of hydrogen-bond acceptors (Lipinski definition) is 5. The Bertz CT molecular complexity index is 1100. The Kier molecular flexibility index (Phi) is 5.89. The van der Waals surface area contributed by atoms with Gasteiger partial charge in [0.2, 0.25) is 5.95 Å². The Balaban J connectivity index is 1.89. The number of carbonyl (C=O) groups excluding carboxylic acids is 1. The molecule has 1 heterocycles. The van der Waals surface area contributed by atoms with Gasteiger partial charge in [-0.2, -0.15) is 5.26 Å². The van der Waals surface area contributed by atoms with E-state index in [1.807, 2.05) is 26.0 Å². The first-order valence-electron chi connectivity index (χ1n) is 9.41. The molecule has 0 aliphatic carbocycles. The number of carbonyl (C=O) groups is 1. The van der Waals surface area contributed by atoms with E-state index in [4.69, 9.17) is 5.26 Å². The zero-order valence-corrected chi connectivity index (χ0v) is 16.9. The molecule has 2 aromatic carbocycles. The van der Waals surface area contributed by atoms with Crippen molar-refractivity contribution in [3.8, 4) is 6.07 Å². The molecule has 0 aliphatic rings. The third-order valence-corrected chi connectivity index (χ3v) is 4.50. The second-order valence-corrected chi connectivity index (χ2v) is 7.18. The van der Waals surface area contributed by atoms with Crippen LogP contribution in [0.5, 0.6) is 0 Å². The van der Waals surface area contributed by atoms with Gasteiger partial charge < -0.3 is 10.6 Å². The van der Waals surface area contributed by atoms with Crippen molar-refractivity contribution in [1.82, 2.24) is 9.97 Å². The van der Waals surface area contributed by atoms with Gasteiger partial charge in [0.05, 0.1) is 11.6 Å². The van der Waals surface area contributed by atoms with Crippen LogP contribution >= 0.6 is 0 Å². The lowest BCUT2D eigenvalue weighted by Gasteiger charge is -2.17. The summed E-state index contributed by atoms with van der Waals surface area (Å²) in [5.74, 6) is 0.344. The molecule has 0 radical (unpaired) electrons. The third-order valence-electron chi connectivity index (χ3n) is 4.50. The predicted molar refractivity (Wildman–Crippen MR) is 114 cm³/mol. The smallest absolute Gasteiger partial charge is 0.274 e. The van der Waals surface area contributed by atoms with Crippen LogP contribution in [0, 0.1) is 25.2 Å². The lowest BCUT2D eigenvalue weighted by Crippen LogP contribution is -2.16. The molecule has 3 aromatic rings. The van der Waals surface area contributed by atoms with Gasteiger partial charge in [0, 0.05) is 17.1 Å². The molecule has 1 amide bonds. The molecule has 0 spiro atoms. The second kappa shape index (κ2) is 8.53. The monoisotopic (exact) mass is 385 g/mol. The first-order valence-corrected chi connectivity index (χ1v) is 9.41. The van der Waals surface area contributed by atoms with Gasteiger partial charge in [-0.15, -0.1) is 0 Å². The lowest BCUT2D eigenvalue weighted by molar-refractivity contribution is 0.102. The lowest BCUT2D eigenvalue weighted by atomic mass is 9.98. The van der Waals surface area contributed by atoms with Crippen molar-refractivity contribution in [2.45, 2.75) is 33.6 Å². The van der Waals surface area contributed by atoms with E-state index in [1.165, 1.54) is 0 Å². The Labute approximate surface area is 170 Å². The zero-order chi connectivity index (χ0) is 21.0. The van der Waals surface area contributed by atoms with Crippen molar-refractivity contribution in [2.75, 3.05) is 10.6 Å². The van der Waals surface area contributed by atoms with E-state index in [-0.39, 0.29) is 11.6 Å². The van der Waals surface area contributed by atoms with Crippen LogP contribution in [0.2, 0.25) is 0 Å². The van der Waals surface area contributed by atoms with E-state index < -0.39 is 0 Å². The van der Waals surface area contributed by atoms with Crippen molar-refractivity contribution in [1.29, 1.82) is 5.26 Å². The van der Waals surface area contributed by atoms with Crippen molar-refractivity contribution in [3.63, 3.8) is 0 Å². The van der Waals surface area contributed by atoms with Crippen LogP contribution in [0.15, 0.2) is 48.5 Å². The maximum Gasteiger partial charge on any atom is 0.274 e. The van der Waals surface area contributed by atoms with Gasteiger partial charge >= 0.3 is 0 Å². The fourth-order valence-corrected chi connectivity index (χ4v) is 3.06. The van der Waals surface area contributed by atoms with E-state index in [9.17, 15) is 4.79 Å². The minimum atomic E-state index is -0.359. The fourth-order valence-electron chi connectivity index (χ4n) is 3.06. The number of aryl methyl sites for hydroxylation is 2. The standard InChI is InChI=1S/C23H23N5O/c1-14(2)19-10-5-7-15(3)21(19)28-23-25-16(4)11-20(27-23)22(29)26-18-9-6-8-17(12-18)13-24/h5-12,14H,1-4H3,(H,26,29)(H,25,27,28). The number of aromatic nitrogens is 2. The number of rotatable bonds is 5. The fraction of sp³-hybridized carbons (Fsp3) is 0.217. The van der Waals surface area contributed by atoms with Gasteiger partial charge in [-0.25, -0.2) is 9.97 Å². The number of nitrogens with one attached hydrogen (secondary N) is 2. The third kappa shape index (κ3) is 4.77. The van der Waals surface area contributed by atoms with Gasteiger partial charge in [0.15, 0.2) is 0 Å². The summed E-state index contributed by atoms with van der Waals surface area (Å²) in [4.78, 5) is 21.6. The van der Waals surface area contributed by atoms with Crippen molar-refractivity contribution < 1.29 is 4.79 Å². The molecule has 2 N–H and O–H groups in total. The Morgan fingerprint density at radius 3 is 2.55 bits per heavy atom. The first-order chi connectivity index (χ1) is 13.9. The molecule has 6 nitrogen and oxygen atoms in total. The minimum absolute atomic E-state index is 0.252. The Morgan fingerprint density at radius 2 is 1.83 bits per heavy atom. The van der Waals surface area contributed by atoms with Gasteiger partial charge in [-0.1, -0.05) is 38.1 Å². The van der Waals surface area contributed by atoms with Crippen LogP contribution < -0.4 is 10.6 Å². The highest BCUT2D eigenvalue weighted by molar-refractivity contribution is 6.03. The maximum absolute atomic E-state index is 12.7. The number of nitriles is 1. The van der Waals surface area contributed by atoms with Crippen molar-refractivity contribution >= 4 is 23.2 Å². The molecule has 3 rings (SSSR count). The number of benzene rings is 2. The average molecular weight is 385 g/mol. The molecule has 146 valence electrons. The van der Waals surface area contributed by atoms with Crippen LogP contribution in [0.4, 0.5) is 17.3 Å². The molecule has 0 atom stereocenters. The molecule has 0 saturated carbocycles. The van der Waals surface area contributed by atoms with Crippen molar-refractivity contribution in [3.05, 3.63) is 76.6 Å². The van der Waals surface area contributed by atoms with Crippen molar-refractivity contribution in [2.24, 2.45) is 0 Å². The van der Waals surface area contributed by atoms with Crippen LogP contribution in [0.1, 0.15) is 52.6 Å². The predicted octanol–water partition coefficient (Wildman–Crippen LogP) is 5.08. The summed E-state index contributed by atoms with van der Waals surface area (Å²) < 4.78 is 0. The van der Waals surface area contributed by atoms with Gasteiger partial charge in [0.25, 0.3) is 5.91 Å². The topological polar surface area (TPSA) is 90.7 Å². The molecule has 0 saturated heterocycles. The van der Waals surface area contributed by atoms with E-state index in [0.29, 0.717) is 28.8 Å². The molecule has 6 heteroatoms. The van der Waals surface area contributed by atoms with Crippen LogP contribution in [-0.2, 0) is 0 Å². The van der Waals surface area contributed by atoms with Crippen LogP contribution in [0.25, 0.3) is 0 Å². The van der Waals surface area contributed by atoms with Gasteiger partial charge in [-0.05, 0) is 55.2 Å². The molecule has 0 aliphatic heterocycles. The summed E-state index contributed by atoms with van der Waals surface area (Å²) in [6, 6.07) is 16.6. The number of anilines is 3. The molecule has 29 heavy (non-hydrogen) atoms. The highest BCUT2D eigenvalue weighted by Crippen LogP contribution is 2.29.